The Hall–Kier alpha value is -2.66. The molecule has 1 aromatic rings. The van der Waals surface area contributed by atoms with E-state index in [0.717, 1.165) is 36.0 Å². The third-order valence-electron chi connectivity index (χ3n) is 5.64. The molecule has 0 saturated carbocycles. The predicted octanol–water partition coefficient (Wildman–Crippen LogP) is 6.33. The third-order valence-corrected chi connectivity index (χ3v) is 5.76. The van der Waals surface area contributed by atoms with Gasteiger partial charge in [0.15, 0.2) is 0 Å². The summed E-state index contributed by atoms with van der Waals surface area (Å²) in [6.45, 7) is 12.4. The van der Waals surface area contributed by atoms with Crippen molar-refractivity contribution in [3.05, 3.63) is 94.1 Å². The van der Waals surface area contributed by atoms with Crippen LogP contribution in [0, 0.1) is 17.8 Å². The van der Waals surface area contributed by atoms with Crippen LogP contribution in [0.5, 0.6) is 0 Å². The maximum Gasteiger partial charge on any atom is 0.416 e. The van der Waals surface area contributed by atoms with E-state index >= 15 is 0 Å². The lowest BCUT2D eigenvalue weighted by molar-refractivity contribution is -0.137. The molecule has 2 nitrogen and oxygen atoms in total. The number of fused-ring (bicyclic) bond motifs is 1. The fraction of sp³-hybridized carbons (Fsp3) is 0.333. The Labute approximate surface area is 198 Å². The Morgan fingerprint density at radius 3 is 2.61 bits per heavy atom. The van der Waals surface area contributed by atoms with Gasteiger partial charge in [0.2, 0.25) is 0 Å². The summed E-state index contributed by atoms with van der Waals surface area (Å²) in [5.41, 5.74) is 1.18. The van der Waals surface area contributed by atoms with Crippen molar-refractivity contribution in [2.45, 2.75) is 32.9 Å². The van der Waals surface area contributed by atoms with Gasteiger partial charge < -0.3 is 4.79 Å². The first-order chi connectivity index (χ1) is 15.6. The van der Waals surface area contributed by atoms with E-state index in [1.807, 2.05) is 31.2 Å². The van der Waals surface area contributed by atoms with Gasteiger partial charge >= 0.3 is 6.18 Å². The molecule has 1 aromatic carbocycles. The standard InChI is InChI=1S/C27H29ClF3NO/c1-5-8-21(9-6-7-14-33)20(4)26(18(2)10-11-19(3)28)23-15-22-12-13-24(27(29,30)31)16-25(22)32-17-23/h6,8-16,20,23,26H,2-3,5,7,17H2,1,4H3/b9-6-,11-10-,21-8+. The largest absolute Gasteiger partial charge is 0.416 e. The van der Waals surface area contributed by atoms with Gasteiger partial charge in [0.1, 0.15) is 6.29 Å². The van der Waals surface area contributed by atoms with Crippen LogP contribution in [0.25, 0.3) is 6.08 Å². The third kappa shape index (κ3) is 7.43. The van der Waals surface area contributed by atoms with Crippen LogP contribution in [0.4, 0.5) is 13.2 Å². The van der Waals surface area contributed by atoms with Crippen molar-refractivity contribution in [1.82, 2.24) is 0 Å². The van der Waals surface area contributed by atoms with Crippen LogP contribution in [0.2, 0.25) is 0 Å². The summed E-state index contributed by atoms with van der Waals surface area (Å²) >= 11 is 5.91. The van der Waals surface area contributed by atoms with Crippen LogP contribution in [-0.2, 0) is 11.0 Å². The molecule has 176 valence electrons. The molecule has 3 unspecified atom stereocenters. The fourth-order valence-electron chi connectivity index (χ4n) is 4.09. The van der Waals surface area contributed by atoms with Gasteiger partial charge in [-0.25, -0.2) is 0 Å². The Bertz CT molecular complexity index is 1100. The van der Waals surface area contributed by atoms with Gasteiger partial charge in [-0.05, 0) is 47.3 Å². The number of alkyl halides is 3. The highest BCUT2D eigenvalue weighted by molar-refractivity contribution is 6.30. The van der Waals surface area contributed by atoms with Gasteiger partial charge in [-0.1, -0.05) is 80.6 Å². The summed E-state index contributed by atoms with van der Waals surface area (Å²) in [4.78, 5) is 15.2. The molecule has 0 aliphatic carbocycles. The molecular formula is C27H29ClF3NO. The van der Waals surface area contributed by atoms with Gasteiger partial charge in [0, 0.05) is 23.9 Å². The summed E-state index contributed by atoms with van der Waals surface area (Å²) in [5, 5.41) is 1.39. The number of hydrogen-bond acceptors (Lipinski definition) is 2. The molecule has 1 aliphatic heterocycles. The maximum absolute atomic E-state index is 13.1. The van der Waals surface area contributed by atoms with E-state index in [9.17, 15) is 18.0 Å². The lowest BCUT2D eigenvalue weighted by Crippen LogP contribution is -2.36. The van der Waals surface area contributed by atoms with Crippen molar-refractivity contribution in [2.24, 2.45) is 22.7 Å². The van der Waals surface area contributed by atoms with Crippen molar-refractivity contribution in [3.8, 4) is 0 Å². The van der Waals surface area contributed by atoms with Crippen molar-refractivity contribution >= 4 is 24.0 Å². The van der Waals surface area contributed by atoms with E-state index in [-0.39, 0.29) is 17.8 Å². The minimum absolute atomic E-state index is 0.0149. The molecule has 0 radical (unpaired) electrons. The number of rotatable bonds is 10. The normalized spacial score (nSPS) is 18.4. The molecule has 6 heteroatoms. The van der Waals surface area contributed by atoms with Gasteiger partial charge in [-0.3, -0.25) is 4.99 Å². The molecular weight excluding hydrogens is 447 g/mol. The van der Waals surface area contributed by atoms with E-state index in [2.05, 4.69) is 31.2 Å². The van der Waals surface area contributed by atoms with Gasteiger partial charge in [-0.2, -0.15) is 13.2 Å². The number of allylic oxidation sites excluding steroid dienone is 8. The van der Waals surface area contributed by atoms with Gasteiger partial charge in [0.25, 0.3) is 0 Å². The molecule has 0 N–H and O–H groups in total. The Balaban J connectivity index is 2.51. The second-order valence-corrected chi connectivity index (χ2v) is 8.51. The highest BCUT2D eigenvalue weighted by atomic mass is 35.5. The molecule has 1 heterocycles. The highest BCUT2D eigenvalue weighted by Gasteiger charge is 2.32. The number of carbonyl (C=O) groups excluding carboxylic acids is 1. The zero-order chi connectivity index (χ0) is 24.6. The van der Waals surface area contributed by atoms with Gasteiger partial charge in [-0.15, -0.1) is 0 Å². The number of benzene rings is 1. The van der Waals surface area contributed by atoms with E-state index in [1.54, 1.807) is 6.08 Å². The van der Waals surface area contributed by atoms with Crippen LogP contribution < -0.4 is 10.6 Å². The average Bonchev–Trinajstić information content (AvgIpc) is 2.76. The Morgan fingerprint density at radius 2 is 2.00 bits per heavy atom. The molecule has 2 rings (SSSR count). The molecule has 3 atom stereocenters. The number of hydrogen-bond donors (Lipinski definition) is 0. The van der Waals surface area contributed by atoms with Crippen LogP contribution >= 0.6 is 11.6 Å². The molecule has 0 saturated heterocycles. The minimum Gasteiger partial charge on any atom is -0.303 e. The quantitative estimate of drug-likeness (QED) is 0.287. The van der Waals surface area contributed by atoms with Crippen molar-refractivity contribution in [3.63, 3.8) is 0 Å². The molecule has 0 spiro atoms. The first-order valence-corrected chi connectivity index (χ1v) is 11.2. The Morgan fingerprint density at radius 1 is 1.27 bits per heavy atom. The first kappa shape index (κ1) is 26.6. The number of carbonyl (C=O) groups is 1. The van der Waals surface area contributed by atoms with Crippen molar-refractivity contribution < 1.29 is 18.0 Å². The smallest absolute Gasteiger partial charge is 0.303 e. The fourth-order valence-corrected chi connectivity index (χ4v) is 4.15. The Kier molecular flexibility index (Phi) is 9.66. The molecule has 33 heavy (non-hydrogen) atoms. The lowest BCUT2D eigenvalue weighted by atomic mass is 9.73. The van der Waals surface area contributed by atoms with Crippen LogP contribution in [0.3, 0.4) is 0 Å². The van der Waals surface area contributed by atoms with E-state index in [4.69, 9.17) is 11.6 Å². The monoisotopic (exact) mass is 475 g/mol. The molecule has 0 fully saturated rings. The van der Waals surface area contributed by atoms with Crippen molar-refractivity contribution in [1.29, 1.82) is 0 Å². The average molecular weight is 476 g/mol. The summed E-state index contributed by atoms with van der Waals surface area (Å²) in [5.74, 6) is -0.152. The number of aldehydes is 1. The topological polar surface area (TPSA) is 29.4 Å². The molecule has 1 aliphatic rings. The van der Waals surface area contributed by atoms with Crippen LogP contribution in [0.1, 0.15) is 32.3 Å². The van der Waals surface area contributed by atoms with E-state index in [1.165, 1.54) is 6.07 Å². The van der Waals surface area contributed by atoms with Crippen LogP contribution in [-0.4, -0.2) is 12.8 Å². The summed E-state index contributed by atoms with van der Waals surface area (Å²) < 4.78 is 39.3. The second kappa shape index (κ2) is 12.0. The zero-order valence-corrected chi connectivity index (χ0v) is 19.7. The SMILES string of the molecule is C=C(Cl)/C=C\C(=C)C(C1C=c2ccc(C(F)(F)F)cc2=NC1)C(C)C(/C=C\CC=O)=C/CC. The van der Waals surface area contributed by atoms with E-state index < -0.39 is 11.7 Å². The van der Waals surface area contributed by atoms with Gasteiger partial charge in [0.05, 0.1) is 10.9 Å². The lowest BCUT2D eigenvalue weighted by Gasteiger charge is -2.32. The number of halogens is 4. The minimum atomic E-state index is -4.41. The van der Waals surface area contributed by atoms with Crippen LogP contribution in [0.15, 0.2) is 82.9 Å². The molecule has 0 amide bonds. The molecule has 0 aromatic heterocycles. The zero-order valence-electron chi connectivity index (χ0n) is 18.9. The van der Waals surface area contributed by atoms with Crippen molar-refractivity contribution in [2.75, 3.05) is 6.54 Å². The number of nitrogens with zero attached hydrogens (tertiary/aromatic N) is 1. The maximum atomic E-state index is 13.1. The van der Waals surface area contributed by atoms with E-state index in [0.29, 0.717) is 28.6 Å². The summed E-state index contributed by atoms with van der Waals surface area (Å²) in [7, 11) is 0. The second-order valence-electron chi connectivity index (χ2n) is 8.03. The summed E-state index contributed by atoms with van der Waals surface area (Å²) in [6, 6.07) is 3.65. The molecule has 0 bridgehead atoms. The highest BCUT2D eigenvalue weighted by Crippen LogP contribution is 2.36. The summed E-state index contributed by atoms with van der Waals surface area (Å²) in [6.07, 6.45) is 8.96. The predicted molar refractivity (Wildman–Crippen MR) is 129 cm³/mol. The first-order valence-electron chi connectivity index (χ1n) is 10.8.